The minimum absolute atomic E-state index is 0. The van der Waals surface area contributed by atoms with Crippen molar-refractivity contribution in [2.75, 3.05) is 0 Å². The van der Waals surface area contributed by atoms with Gasteiger partial charge in [-0.05, 0) is 63.7 Å². The third-order valence-electron chi connectivity index (χ3n) is 8.37. The Morgan fingerprint density at radius 1 is 0.795 bits per heavy atom. The molecule has 1 radical (unpaired) electrons. The van der Waals surface area contributed by atoms with Crippen LogP contribution in [0.3, 0.4) is 0 Å². The molecule has 2 aromatic heterocycles. The van der Waals surface area contributed by atoms with E-state index in [2.05, 4.69) is 57.2 Å². The second kappa shape index (κ2) is 8.32. The number of fused-ring (bicyclic) bond motifs is 9. The van der Waals surface area contributed by atoms with E-state index < -0.39 is 0 Å². The minimum atomic E-state index is -0.294. The number of hydrogen-bond acceptors (Lipinski definition) is 2. The average molecular weight is 685 g/mol. The standard InChI is InChI=1S/C35H23FNO.Ir/c1-19-11-12-25-28(17-19)35(2,3)29-18-27-20-15-16-37-33(23(20)14-13-22(27)32(36)31(25)29)26-9-6-8-24-21-7-4-5-10-30(21)38-34(24)26;/h4-8,10-18H,1-3H3;/q-1;. The van der Waals surface area contributed by atoms with Crippen molar-refractivity contribution >= 4 is 43.5 Å². The molecule has 0 saturated heterocycles. The van der Waals surface area contributed by atoms with Gasteiger partial charge in [-0.3, -0.25) is 0 Å². The normalized spacial score (nSPS) is 13.6. The third kappa shape index (κ3) is 3.19. The van der Waals surface area contributed by atoms with E-state index in [1.165, 1.54) is 11.1 Å². The van der Waals surface area contributed by atoms with Crippen LogP contribution < -0.4 is 0 Å². The maximum atomic E-state index is 16.3. The second-order valence-electron chi connectivity index (χ2n) is 10.9. The summed E-state index contributed by atoms with van der Waals surface area (Å²) in [7, 11) is 0. The zero-order valence-electron chi connectivity index (χ0n) is 21.6. The van der Waals surface area contributed by atoms with Crippen LogP contribution in [0.2, 0.25) is 0 Å². The Hall–Kier alpha value is -3.85. The molecule has 0 aliphatic heterocycles. The van der Waals surface area contributed by atoms with Crippen LogP contribution in [-0.4, -0.2) is 4.98 Å². The van der Waals surface area contributed by atoms with E-state index in [1.54, 1.807) is 6.20 Å². The number of benzene rings is 5. The summed E-state index contributed by atoms with van der Waals surface area (Å²) < 4.78 is 22.6. The molecule has 0 fully saturated rings. The molecule has 0 unspecified atom stereocenters. The monoisotopic (exact) mass is 685 g/mol. The largest absolute Gasteiger partial charge is 0.501 e. The van der Waals surface area contributed by atoms with Crippen LogP contribution >= 0.6 is 0 Å². The van der Waals surface area contributed by atoms with Crippen molar-refractivity contribution in [2.45, 2.75) is 26.2 Å². The Morgan fingerprint density at radius 3 is 2.49 bits per heavy atom. The van der Waals surface area contributed by atoms with Crippen molar-refractivity contribution in [3.05, 3.63) is 114 Å². The van der Waals surface area contributed by atoms with Gasteiger partial charge in [0, 0.05) is 48.1 Å². The molecule has 5 aromatic carbocycles. The van der Waals surface area contributed by atoms with Crippen molar-refractivity contribution < 1.29 is 28.9 Å². The number of pyridine rings is 1. The number of halogens is 1. The molecule has 0 bridgehead atoms. The molecule has 0 N–H and O–H groups in total. The fourth-order valence-corrected chi connectivity index (χ4v) is 6.45. The molecule has 1 aliphatic carbocycles. The predicted molar refractivity (Wildman–Crippen MR) is 153 cm³/mol. The number of para-hydroxylation sites is 1. The molecule has 8 rings (SSSR count). The SMILES string of the molecule is Cc1ccc2c(c1)C(C)(C)c1cc3c(ccc4c(-c5[c-]ccc6c5oc5ccccc56)nccc43)c(F)c1-2.[Ir]. The van der Waals surface area contributed by atoms with Crippen LogP contribution in [0.5, 0.6) is 0 Å². The number of furan rings is 1. The van der Waals surface area contributed by atoms with Crippen molar-refractivity contribution in [1.82, 2.24) is 4.98 Å². The summed E-state index contributed by atoms with van der Waals surface area (Å²) in [6.45, 7) is 6.48. The summed E-state index contributed by atoms with van der Waals surface area (Å²) >= 11 is 0. The molecule has 2 heterocycles. The number of nitrogens with zero attached hydrogens (tertiary/aromatic N) is 1. The first-order valence-electron chi connectivity index (χ1n) is 12.9. The van der Waals surface area contributed by atoms with Crippen LogP contribution in [-0.2, 0) is 25.5 Å². The van der Waals surface area contributed by atoms with E-state index in [9.17, 15) is 0 Å². The fraction of sp³-hybridized carbons (Fsp3) is 0.114. The van der Waals surface area contributed by atoms with Gasteiger partial charge in [0.25, 0.3) is 0 Å². The van der Waals surface area contributed by atoms with Crippen LogP contribution in [0.15, 0.2) is 89.5 Å². The summed E-state index contributed by atoms with van der Waals surface area (Å²) in [4.78, 5) is 4.78. The third-order valence-corrected chi connectivity index (χ3v) is 8.37. The first kappa shape index (κ1) is 24.2. The van der Waals surface area contributed by atoms with E-state index >= 15 is 4.39 Å². The van der Waals surface area contributed by atoms with Crippen molar-refractivity contribution in [1.29, 1.82) is 0 Å². The molecule has 0 spiro atoms. The van der Waals surface area contributed by atoms with Gasteiger partial charge in [0.05, 0.1) is 5.58 Å². The van der Waals surface area contributed by atoms with E-state index in [4.69, 9.17) is 9.40 Å². The van der Waals surface area contributed by atoms with E-state index in [1.807, 2.05) is 48.5 Å². The molecule has 191 valence electrons. The van der Waals surface area contributed by atoms with Gasteiger partial charge in [0.2, 0.25) is 0 Å². The van der Waals surface area contributed by atoms with Gasteiger partial charge in [-0.1, -0.05) is 78.9 Å². The second-order valence-corrected chi connectivity index (χ2v) is 10.9. The summed E-state index contributed by atoms with van der Waals surface area (Å²) in [6, 6.07) is 29.8. The van der Waals surface area contributed by atoms with Crippen LogP contribution in [0.25, 0.3) is 65.9 Å². The predicted octanol–water partition coefficient (Wildman–Crippen LogP) is 9.51. The first-order valence-corrected chi connectivity index (χ1v) is 12.9. The summed E-state index contributed by atoms with van der Waals surface area (Å²) in [5, 5.41) is 5.55. The Morgan fingerprint density at radius 2 is 1.62 bits per heavy atom. The fourth-order valence-electron chi connectivity index (χ4n) is 6.45. The van der Waals surface area contributed by atoms with E-state index in [0.717, 1.165) is 66.0 Å². The summed E-state index contributed by atoms with van der Waals surface area (Å²) in [5.41, 5.74) is 8.03. The Balaban J connectivity index is 0.00000253. The van der Waals surface area contributed by atoms with Crippen molar-refractivity contribution in [3.8, 4) is 22.4 Å². The Labute approximate surface area is 238 Å². The van der Waals surface area contributed by atoms with Crippen LogP contribution in [0, 0.1) is 18.8 Å². The smallest absolute Gasteiger partial charge is 0.139 e. The van der Waals surface area contributed by atoms with Gasteiger partial charge < -0.3 is 9.40 Å². The topological polar surface area (TPSA) is 26.0 Å². The van der Waals surface area contributed by atoms with Crippen molar-refractivity contribution in [2.24, 2.45) is 0 Å². The first-order chi connectivity index (χ1) is 18.4. The van der Waals surface area contributed by atoms with E-state index in [0.29, 0.717) is 5.39 Å². The zero-order chi connectivity index (χ0) is 25.8. The molecule has 39 heavy (non-hydrogen) atoms. The van der Waals surface area contributed by atoms with Crippen LogP contribution in [0.1, 0.15) is 30.5 Å². The molecule has 2 nitrogen and oxygen atoms in total. The average Bonchev–Trinajstić information content (AvgIpc) is 3.41. The van der Waals surface area contributed by atoms with Gasteiger partial charge in [-0.2, -0.15) is 0 Å². The summed E-state index contributed by atoms with van der Waals surface area (Å²) in [6.07, 6.45) is 1.81. The number of aryl methyl sites for hydroxylation is 1. The number of aromatic nitrogens is 1. The zero-order valence-corrected chi connectivity index (χ0v) is 24.0. The molecule has 0 amide bonds. The maximum Gasteiger partial charge on any atom is 0.139 e. The molecule has 1 aliphatic rings. The maximum absolute atomic E-state index is 16.3. The number of hydrogen-bond donors (Lipinski definition) is 0. The molecule has 4 heteroatoms. The molecular formula is C35H23FIrNO-. The van der Waals surface area contributed by atoms with Gasteiger partial charge in [0.15, 0.2) is 0 Å². The van der Waals surface area contributed by atoms with Gasteiger partial charge in [0.1, 0.15) is 11.4 Å². The molecule has 0 atom stereocenters. The van der Waals surface area contributed by atoms with E-state index in [-0.39, 0.29) is 31.3 Å². The van der Waals surface area contributed by atoms with Gasteiger partial charge in [-0.15, -0.1) is 18.2 Å². The van der Waals surface area contributed by atoms with Gasteiger partial charge >= 0.3 is 0 Å². The Kier molecular flexibility index (Phi) is 5.17. The molecule has 0 saturated carbocycles. The molecular weight excluding hydrogens is 662 g/mol. The quantitative estimate of drug-likeness (QED) is 0.127. The van der Waals surface area contributed by atoms with Gasteiger partial charge in [-0.25, -0.2) is 4.39 Å². The minimum Gasteiger partial charge on any atom is -0.501 e. The van der Waals surface area contributed by atoms with Crippen LogP contribution in [0.4, 0.5) is 4.39 Å². The summed E-state index contributed by atoms with van der Waals surface area (Å²) in [5.74, 6) is -0.153. The molecule has 7 aromatic rings. The Bertz CT molecular complexity index is 2140. The van der Waals surface area contributed by atoms with Crippen molar-refractivity contribution in [3.63, 3.8) is 0 Å². The number of rotatable bonds is 1.